The Balaban J connectivity index is 0.000000256. The Labute approximate surface area is 237 Å². The van der Waals surface area contributed by atoms with E-state index in [4.69, 9.17) is 21.1 Å². The summed E-state index contributed by atoms with van der Waals surface area (Å²) in [5, 5.41) is 9.25. The van der Waals surface area contributed by atoms with Gasteiger partial charge >= 0.3 is 0 Å². The van der Waals surface area contributed by atoms with Crippen molar-refractivity contribution in [2.45, 2.75) is 37.8 Å². The van der Waals surface area contributed by atoms with Crippen molar-refractivity contribution in [2.24, 2.45) is 0 Å². The van der Waals surface area contributed by atoms with Crippen LogP contribution in [0.4, 0.5) is 5.69 Å². The third-order valence-corrected chi connectivity index (χ3v) is 7.22. The molecule has 7 nitrogen and oxygen atoms in total. The first-order chi connectivity index (χ1) is 18.9. The molecule has 39 heavy (non-hydrogen) atoms. The highest BCUT2D eigenvalue weighted by molar-refractivity contribution is 6.36. The van der Waals surface area contributed by atoms with E-state index in [0.717, 1.165) is 59.2 Å². The number of methoxy groups -OCH3 is 1. The molecular formula is C31H41ClN4O3. The van der Waals surface area contributed by atoms with Crippen LogP contribution in [0.3, 0.4) is 0 Å². The molecule has 0 atom stereocenters. The standard InChI is InChI=1S/C17H13ClN2O.C11H24N2O.C3H4O/c1-19-17-8-7-15(18)13-6-5-11(9-14(13)17)16-4-2-3-12(10-21)20-16;1-12-10-4-6-11(7-5-10)13(2)8-9-14-3;1-2-3-4/h2-10,19H,1H3;10-12H,4-9H2,1-3H3;2-3H,1H2. The summed E-state index contributed by atoms with van der Waals surface area (Å²) in [5.41, 5.74) is 3.14. The number of ether oxygens (including phenoxy) is 1. The highest BCUT2D eigenvalue weighted by Gasteiger charge is 2.22. The molecule has 1 fully saturated rings. The number of nitrogens with one attached hydrogen (secondary N) is 2. The number of rotatable bonds is 9. The molecular weight excluding hydrogens is 512 g/mol. The second-order valence-corrected chi connectivity index (χ2v) is 9.72. The van der Waals surface area contributed by atoms with Crippen molar-refractivity contribution < 1.29 is 14.3 Å². The molecule has 1 heterocycles. The number of carbonyl (C=O) groups is 2. The maximum atomic E-state index is 10.9. The second kappa shape index (κ2) is 17.5. The smallest absolute Gasteiger partial charge is 0.168 e. The molecule has 0 spiro atoms. The molecule has 2 N–H and O–H groups in total. The van der Waals surface area contributed by atoms with Crippen LogP contribution in [0.1, 0.15) is 36.2 Å². The monoisotopic (exact) mass is 552 g/mol. The topological polar surface area (TPSA) is 83.6 Å². The lowest BCUT2D eigenvalue weighted by molar-refractivity contribution is -0.104. The summed E-state index contributed by atoms with van der Waals surface area (Å²) in [6.07, 6.45) is 7.87. The average molecular weight is 553 g/mol. The number of nitrogens with zero attached hydrogens (tertiary/aromatic N) is 2. The Morgan fingerprint density at radius 2 is 1.79 bits per heavy atom. The first kappa shape index (κ1) is 32.1. The van der Waals surface area contributed by atoms with Gasteiger partial charge in [-0.3, -0.25) is 9.59 Å². The summed E-state index contributed by atoms with van der Waals surface area (Å²) in [6.45, 7) is 5.02. The summed E-state index contributed by atoms with van der Waals surface area (Å²) in [7, 11) is 7.93. The van der Waals surface area contributed by atoms with E-state index in [1.807, 2.05) is 49.5 Å². The minimum Gasteiger partial charge on any atom is -0.388 e. The molecule has 0 bridgehead atoms. The fraction of sp³-hybridized carbons (Fsp3) is 0.387. The van der Waals surface area contributed by atoms with Gasteiger partial charge in [-0.2, -0.15) is 0 Å². The van der Waals surface area contributed by atoms with Gasteiger partial charge in [-0.1, -0.05) is 36.4 Å². The normalized spacial score (nSPS) is 16.4. The van der Waals surface area contributed by atoms with Gasteiger partial charge < -0.3 is 20.3 Å². The predicted octanol–water partition coefficient (Wildman–Crippen LogP) is 5.88. The molecule has 0 saturated heterocycles. The van der Waals surface area contributed by atoms with E-state index < -0.39 is 0 Å². The summed E-state index contributed by atoms with van der Waals surface area (Å²) >= 11 is 6.24. The van der Waals surface area contributed by atoms with Gasteiger partial charge in [-0.05, 0) is 76.2 Å². The fourth-order valence-electron chi connectivity index (χ4n) is 4.59. The number of benzene rings is 2. The number of likely N-dealkylation sites (N-methyl/N-ethyl adjacent to an activating group) is 1. The molecule has 0 aliphatic heterocycles. The van der Waals surface area contributed by atoms with Crippen molar-refractivity contribution in [3.63, 3.8) is 0 Å². The Morgan fingerprint density at radius 1 is 1.08 bits per heavy atom. The van der Waals surface area contributed by atoms with Crippen LogP contribution >= 0.6 is 11.6 Å². The zero-order valence-electron chi connectivity index (χ0n) is 23.5. The number of pyridine rings is 1. The fourth-order valence-corrected chi connectivity index (χ4v) is 4.82. The number of aldehydes is 2. The Bertz CT molecular complexity index is 1190. The van der Waals surface area contributed by atoms with Gasteiger partial charge in [0.2, 0.25) is 0 Å². The van der Waals surface area contributed by atoms with Crippen LogP contribution in [0.25, 0.3) is 22.0 Å². The zero-order valence-corrected chi connectivity index (χ0v) is 24.2. The quantitative estimate of drug-likeness (QED) is 0.253. The number of hydrogen-bond donors (Lipinski definition) is 2. The summed E-state index contributed by atoms with van der Waals surface area (Å²) in [6, 6.07) is 16.7. The lowest BCUT2D eigenvalue weighted by atomic mass is 9.90. The maximum absolute atomic E-state index is 10.9. The number of halogens is 1. The van der Waals surface area contributed by atoms with Crippen LogP contribution in [0, 0.1) is 0 Å². The van der Waals surface area contributed by atoms with E-state index in [0.29, 0.717) is 17.0 Å². The Hall–Kier alpha value is -3.10. The largest absolute Gasteiger partial charge is 0.388 e. The highest BCUT2D eigenvalue weighted by Crippen LogP contribution is 2.33. The van der Waals surface area contributed by atoms with Crippen LogP contribution < -0.4 is 10.6 Å². The molecule has 4 rings (SSSR count). The minimum atomic E-state index is 0.424. The summed E-state index contributed by atoms with van der Waals surface area (Å²) in [5.74, 6) is 0. The van der Waals surface area contributed by atoms with Crippen LogP contribution in [0.5, 0.6) is 0 Å². The second-order valence-electron chi connectivity index (χ2n) is 9.31. The first-order valence-corrected chi connectivity index (χ1v) is 13.5. The van der Waals surface area contributed by atoms with Gasteiger partial charge in [0, 0.05) is 59.8 Å². The van der Waals surface area contributed by atoms with E-state index in [1.165, 1.54) is 31.8 Å². The number of carbonyl (C=O) groups excluding carboxylic acids is 2. The maximum Gasteiger partial charge on any atom is 0.168 e. The molecule has 1 saturated carbocycles. The molecule has 1 aromatic heterocycles. The lowest BCUT2D eigenvalue weighted by Gasteiger charge is -2.34. The molecule has 0 amide bonds. The summed E-state index contributed by atoms with van der Waals surface area (Å²) < 4.78 is 5.09. The van der Waals surface area contributed by atoms with Crippen LogP contribution in [-0.2, 0) is 9.53 Å². The number of fused-ring (bicyclic) bond motifs is 1. The first-order valence-electron chi connectivity index (χ1n) is 13.2. The molecule has 0 radical (unpaired) electrons. The third-order valence-electron chi connectivity index (χ3n) is 6.89. The predicted molar refractivity (Wildman–Crippen MR) is 163 cm³/mol. The summed E-state index contributed by atoms with van der Waals surface area (Å²) in [4.78, 5) is 26.7. The van der Waals surface area contributed by atoms with Crippen molar-refractivity contribution in [1.29, 1.82) is 0 Å². The average Bonchev–Trinajstić information content (AvgIpc) is 3.00. The number of aromatic nitrogens is 1. The van der Waals surface area contributed by atoms with Gasteiger partial charge in [0.15, 0.2) is 6.29 Å². The van der Waals surface area contributed by atoms with Gasteiger partial charge in [0.05, 0.1) is 12.3 Å². The molecule has 2 aromatic carbocycles. The number of allylic oxidation sites excluding steroid dienone is 1. The molecule has 0 unspecified atom stereocenters. The van der Waals surface area contributed by atoms with E-state index >= 15 is 0 Å². The van der Waals surface area contributed by atoms with Gasteiger partial charge in [0.1, 0.15) is 12.0 Å². The lowest BCUT2D eigenvalue weighted by Crippen LogP contribution is -2.40. The number of hydrogen-bond acceptors (Lipinski definition) is 7. The van der Waals surface area contributed by atoms with E-state index in [1.54, 1.807) is 13.2 Å². The Kier molecular flexibility index (Phi) is 14.4. The van der Waals surface area contributed by atoms with Crippen molar-refractivity contribution in [1.82, 2.24) is 15.2 Å². The highest BCUT2D eigenvalue weighted by atomic mass is 35.5. The Morgan fingerprint density at radius 3 is 2.38 bits per heavy atom. The van der Waals surface area contributed by atoms with E-state index in [2.05, 4.69) is 41.2 Å². The van der Waals surface area contributed by atoms with E-state index in [9.17, 15) is 4.79 Å². The molecule has 3 aromatic rings. The molecule has 8 heteroatoms. The zero-order chi connectivity index (χ0) is 28.6. The van der Waals surface area contributed by atoms with E-state index in [-0.39, 0.29) is 0 Å². The van der Waals surface area contributed by atoms with Crippen molar-refractivity contribution in [3.8, 4) is 11.3 Å². The van der Waals surface area contributed by atoms with Gasteiger partial charge in [-0.15, -0.1) is 0 Å². The van der Waals surface area contributed by atoms with Crippen LogP contribution in [0.2, 0.25) is 5.02 Å². The van der Waals surface area contributed by atoms with Gasteiger partial charge in [-0.25, -0.2) is 4.98 Å². The third kappa shape index (κ3) is 9.86. The number of anilines is 1. The van der Waals surface area contributed by atoms with Crippen molar-refractivity contribution in [2.75, 3.05) is 46.7 Å². The minimum absolute atomic E-state index is 0.424. The van der Waals surface area contributed by atoms with Crippen LogP contribution in [0.15, 0.2) is 61.2 Å². The van der Waals surface area contributed by atoms with Crippen molar-refractivity contribution in [3.05, 3.63) is 71.9 Å². The molecule has 1 aliphatic carbocycles. The molecule has 210 valence electrons. The molecule has 1 aliphatic rings. The van der Waals surface area contributed by atoms with Gasteiger partial charge in [0.25, 0.3) is 0 Å². The van der Waals surface area contributed by atoms with Crippen LogP contribution in [-0.4, -0.2) is 75.9 Å². The SMILES string of the molecule is C=CC=O.CNC1CCC(N(C)CCOC)CC1.CNc1ccc(Cl)c2ccc(-c3cccc(C=O)n3)cc12. The van der Waals surface area contributed by atoms with Crippen molar-refractivity contribution >= 4 is 40.6 Å².